The molecule has 3 aliphatic rings. The number of aliphatic hydroxyl groups excluding tert-OH is 1. The molecule has 2 fully saturated rings. The number of hydrogen-bond acceptors (Lipinski definition) is 8. The van der Waals surface area contributed by atoms with E-state index in [0.29, 0.717) is 53.3 Å². The number of fused-ring (bicyclic) bond motifs is 2. The Bertz CT molecular complexity index is 1740. The van der Waals surface area contributed by atoms with Gasteiger partial charge in [-0.1, -0.05) is 13.0 Å². The molecule has 0 bridgehead atoms. The number of aromatic hydroxyl groups is 1. The minimum absolute atomic E-state index is 0.0566. The molecule has 2 atom stereocenters. The van der Waals surface area contributed by atoms with E-state index in [-0.39, 0.29) is 60.6 Å². The molecular weight excluding hydrogens is 561 g/mol. The standard InChI is InChI=1S/C32H33F3N4O4/c1-2-21-23(34)5-4-18-12-20(41)13-22(26(18)21)29-28(35)30-27-24(38(8-10-40)9-11-42-31(27)37-29)14-25(36-30)43-17-32-6-3-7-39(32)16-19(33)15-32/h4-5,12-14,19,40-41H,2-3,6-11,15-17H2,1H3/t19-,32+/m1/s1. The second kappa shape index (κ2) is 10.7. The average Bonchev–Trinajstić information content (AvgIpc) is 3.45. The number of alkyl halides is 1. The van der Waals surface area contributed by atoms with E-state index in [2.05, 4.69) is 14.9 Å². The predicted octanol–water partition coefficient (Wildman–Crippen LogP) is 5.14. The van der Waals surface area contributed by atoms with Gasteiger partial charge in [-0.3, -0.25) is 4.90 Å². The summed E-state index contributed by atoms with van der Waals surface area (Å²) in [6, 6.07) is 7.46. The van der Waals surface area contributed by atoms with Crippen LogP contribution in [0.3, 0.4) is 0 Å². The Kier molecular flexibility index (Phi) is 6.97. The summed E-state index contributed by atoms with van der Waals surface area (Å²) >= 11 is 0. The van der Waals surface area contributed by atoms with Crippen LogP contribution in [0, 0.1) is 11.6 Å². The second-order valence-electron chi connectivity index (χ2n) is 11.7. The van der Waals surface area contributed by atoms with E-state index in [1.54, 1.807) is 12.1 Å². The average molecular weight is 595 g/mol. The van der Waals surface area contributed by atoms with Crippen LogP contribution in [-0.4, -0.2) is 82.8 Å². The minimum atomic E-state index is -0.918. The summed E-state index contributed by atoms with van der Waals surface area (Å²) in [5.41, 5.74) is 0.536. The highest BCUT2D eigenvalue weighted by Crippen LogP contribution is 2.45. The number of hydrogen-bond donors (Lipinski definition) is 2. The number of phenols is 1. The van der Waals surface area contributed by atoms with Gasteiger partial charge < -0.3 is 24.6 Å². The van der Waals surface area contributed by atoms with Crippen molar-refractivity contribution in [1.82, 2.24) is 14.9 Å². The lowest BCUT2D eigenvalue weighted by molar-refractivity contribution is 0.111. The number of pyridine rings is 2. The molecule has 0 saturated carbocycles. The normalized spacial score (nSPS) is 21.8. The second-order valence-corrected chi connectivity index (χ2v) is 11.7. The number of β-amino-alcohol motifs (C(OH)–C–C–N with tert-alkyl or cyclic N) is 1. The van der Waals surface area contributed by atoms with E-state index < -0.39 is 23.3 Å². The summed E-state index contributed by atoms with van der Waals surface area (Å²) in [6.07, 6.45) is 1.57. The van der Waals surface area contributed by atoms with Crippen molar-refractivity contribution in [2.75, 3.05) is 50.9 Å². The maximum absolute atomic E-state index is 16.8. The van der Waals surface area contributed by atoms with E-state index in [1.165, 1.54) is 18.2 Å². The lowest BCUT2D eigenvalue weighted by Crippen LogP contribution is -2.43. The first-order valence-corrected chi connectivity index (χ1v) is 14.8. The van der Waals surface area contributed by atoms with Crippen molar-refractivity contribution in [2.24, 2.45) is 0 Å². The third kappa shape index (κ3) is 4.60. The largest absolute Gasteiger partial charge is 0.508 e. The molecule has 2 aromatic carbocycles. The number of halogens is 3. The van der Waals surface area contributed by atoms with Crippen LogP contribution in [0.4, 0.5) is 18.9 Å². The van der Waals surface area contributed by atoms with E-state index in [1.807, 2.05) is 11.8 Å². The molecule has 226 valence electrons. The summed E-state index contributed by atoms with van der Waals surface area (Å²) in [5, 5.41) is 21.7. The predicted molar refractivity (Wildman–Crippen MR) is 157 cm³/mol. The quantitative estimate of drug-likeness (QED) is 0.304. The third-order valence-electron chi connectivity index (χ3n) is 9.14. The Morgan fingerprint density at radius 3 is 2.81 bits per heavy atom. The lowest BCUT2D eigenvalue weighted by Gasteiger charge is -2.31. The highest BCUT2D eigenvalue weighted by Gasteiger charge is 2.49. The van der Waals surface area contributed by atoms with Gasteiger partial charge in [0.1, 0.15) is 42.2 Å². The zero-order valence-electron chi connectivity index (χ0n) is 23.9. The Balaban J connectivity index is 1.42. The zero-order chi connectivity index (χ0) is 29.9. The van der Waals surface area contributed by atoms with Crippen LogP contribution in [0.2, 0.25) is 0 Å². The van der Waals surface area contributed by atoms with Crippen molar-refractivity contribution >= 4 is 27.4 Å². The first kappa shape index (κ1) is 28.0. The molecule has 5 heterocycles. The van der Waals surface area contributed by atoms with E-state index in [0.717, 1.165) is 19.4 Å². The Morgan fingerprint density at radius 1 is 1.14 bits per heavy atom. The van der Waals surface area contributed by atoms with Gasteiger partial charge in [0.05, 0.1) is 29.8 Å². The van der Waals surface area contributed by atoms with Gasteiger partial charge in [0.2, 0.25) is 11.8 Å². The minimum Gasteiger partial charge on any atom is -0.508 e. The lowest BCUT2D eigenvalue weighted by atomic mass is 9.94. The van der Waals surface area contributed by atoms with Crippen LogP contribution in [0.1, 0.15) is 31.7 Å². The van der Waals surface area contributed by atoms with Crippen molar-refractivity contribution in [2.45, 2.75) is 44.3 Å². The van der Waals surface area contributed by atoms with E-state index in [9.17, 15) is 19.0 Å². The summed E-state index contributed by atoms with van der Waals surface area (Å²) < 4.78 is 58.4. The van der Waals surface area contributed by atoms with Gasteiger partial charge in [-0.25, -0.2) is 23.1 Å². The van der Waals surface area contributed by atoms with Gasteiger partial charge in [-0.2, -0.15) is 0 Å². The SMILES string of the molecule is CCc1c(F)ccc2cc(O)cc(-c3nc4c5c(cc(OC[C@@]67CCCN6C[C@H](F)C7)nc5c3F)N(CCO)CCO4)c12. The maximum atomic E-state index is 16.8. The third-order valence-corrected chi connectivity index (χ3v) is 9.14. The highest BCUT2D eigenvalue weighted by molar-refractivity contribution is 6.04. The van der Waals surface area contributed by atoms with Crippen LogP contribution in [0.5, 0.6) is 17.5 Å². The summed E-state index contributed by atoms with van der Waals surface area (Å²) in [7, 11) is 0. The molecule has 8 nitrogen and oxygen atoms in total. The van der Waals surface area contributed by atoms with Crippen LogP contribution in [0.15, 0.2) is 30.3 Å². The summed E-state index contributed by atoms with van der Waals surface area (Å²) in [4.78, 5) is 13.2. The number of nitrogens with zero attached hydrogens (tertiary/aromatic N) is 4. The van der Waals surface area contributed by atoms with Gasteiger partial charge >= 0.3 is 0 Å². The van der Waals surface area contributed by atoms with Crippen LogP contribution < -0.4 is 14.4 Å². The maximum Gasteiger partial charge on any atom is 0.225 e. The first-order chi connectivity index (χ1) is 20.8. The summed E-state index contributed by atoms with van der Waals surface area (Å²) in [5.74, 6) is -1.02. The molecule has 11 heteroatoms. The molecule has 0 unspecified atom stereocenters. The molecule has 0 aliphatic carbocycles. The van der Waals surface area contributed by atoms with E-state index >= 15 is 4.39 Å². The zero-order valence-corrected chi connectivity index (χ0v) is 23.9. The number of aliphatic hydroxyl groups is 1. The molecule has 43 heavy (non-hydrogen) atoms. The number of aromatic nitrogens is 2. The highest BCUT2D eigenvalue weighted by atomic mass is 19.1. The van der Waals surface area contributed by atoms with E-state index in [4.69, 9.17) is 9.47 Å². The number of rotatable bonds is 7. The number of anilines is 1. The Labute approximate surface area is 246 Å². The van der Waals surface area contributed by atoms with Gasteiger partial charge in [-0.05, 0) is 60.3 Å². The van der Waals surface area contributed by atoms with Crippen molar-refractivity contribution < 1.29 is 32.9 Å². The molecule has 2 N–H and O–H groups in total. The first-order valence-electron chi connectivity index (χ1n) is 14.8. The van der Waals surface area contributed by atoms with Gasteiger partial charge in [0.15, 0.2) is 5.82 Å². The molecule has 0 radical (unpaired) electrons. The summed E-state index contributed by atoms with van der Waals surface area (Å²) in [6.45, 7) is 3.95. The molecular formula is C32H33F3N4O4. The van der Waals surface area contributed by atoms with Crippen molar-refractivity contribution in [3.05, 3.63) is 47.5 Å². The fourth-order valence-electron chi connectivity index (χ4n) is 7.22. The topological polar surface area (TPSA) is 91.2 Å². The van der Waals surface area contributed by atoms with Crippen LogP contribution in [-0.2, 0) is 6.42 Å². The molecule has 2 aromatic heterocycles. The Hall–Kier alpha value is -3.83. The molecule has 0 spiro atoms. The molecule has 4 aromatic rings. The van der Waals surface area contributed by atoms with Gasteiger partial charge in [-0.15, -0.1) is 0 Å². The van der Waals surface area contributed by atoms with Crippen molar-refractivity contribution in [1.29, 1.82) is 0 Å². The van der Waals surface area contributed by atoms with Gasteiger partial charge in [0.25, 0.3) is 0 Å². The molecule has 7 rings (SSSR count). The molecule has 3 aliphatic heterocycles. The fraction of sp³-hybridized carbons (Fsp3) is 0.438. The van der Waals surface area contributed by atoms with Crippen LogP contribution in [0.25, 0.3) is 32.9 Å². The van der Waals surface area contributed by atoms with Crippen molar-refractivity contribution in [3.8, 4) is 28.8 Å². The Morgan fingerprint density at radius 2 is 2.00 bits per heavy atom. The smallest absolute Gasteiger partial charge is 0.225 e. The number of benzene rings is 2. The van der Waals surface area contributed by atoms with Crippen LogP contribution >= 0.6 is 0 Å². The number of phenolic OH excluding ortho intramolecular Hbond substituents is 1. The number of aryl methyl sites for hydroxylation is 1. The molecule has 2 saturated heterocycles. The van der Waals surface area contributed by atoms with Crippen molar-refractivity contribution in [3.63, 3.8) is 0 Å². The van der Waals surface area contributed by atoms with Gasteiger partial charge in [0, 0.05) is 31.1 Å². The fourth-order valence-corrected chi connectivity index (χ4v) is 7.22. The molecule has 0 amide bonds. The number of ether oxygens (including phenoxy) is 2. The monoisotopic (exact) mass is 594 g/mol.